The third kappa shape index (κ3) is 1.24. The summed E-state index contributed by atoms with van der Waals surface area (Å²) in [6, 6.07) is 3.57. The molecule has 2 aromatic rings. The van der Waals surface area contributed by atoms with Crippen molar-refractivity contribution in [2.24, 2.45) is 0 Å². The van der Waals surface area contributed by atoms with E-state index in [-0.39, 0.29) is 0 Å². The van der Waals surface area contributed by atoms with Crippen molar-refractivity contribution < 1.29 is 4.42 Å². The molecule has 1 heterocycles. The van der Waals surface area contributed by atoms with Crippen LogP contribution in [0.1, 0.15) is 0 Å². The van der Waals surface area contributed by atoms with Crippen molar-refractivity contribution in [1.82, 2.24) is 0 Å². The molecule has 0 amide bonds. The Kier molecular flexibility index (Phi) is 2.07. The fourth-order valence-electron chi connectivity index (χ4n) is 0.991. The van der Waals surface area contributed by atoms with Crippen molar-refractivity contribution in [2.45, 2.75) is 0 Å². The molecule has 0 aliphatic rings. The summed E-state index contributed by atoms with van der Waals surface area (Å²) in [6.07, 6.45) is 1.50. The average Bonchev–Trinajstić information content (AvgIpc) is 2.35. The Balaban J connectivity index is 2.87. The van der Waals surface area contributed by atoms with Crippen LogP contribution in [0.25, 0.3) is 11.0 Å². The van der Waals surface area contributed by atoms with Crippen molar-refractivity contribution in [3.8, 4) is 0 Å². The molecular weight excluding hydrogens is 263 g/mol. The van der Waals surface area contributed by atoms with Gasteiger partial charge >= 0.3 is 0 Å². The number of hydrogen-bond acceptors (Lipinski definition) is 1. The quantitative estimate of drug-likeness (QED) is 0.684. The second-order valence-corrected chi connectivity index (χ2v) is 4.01. The van der Waals surface area contributed by atoms with Crippen LogP contribution < -0.4 is 0 Å². The first-order chi connectivity index (χ1) is 5.68. The van der Waals surface area contributed by atoms with E-state index in [2.05, 4.69) is 15.9 Å². The molecule has 1 aromatic heterocycles. The van der Waals surface area contributed by atoms with E-state index in [4.69, 9.17) is 27.6 Å². The molecule has 1 aromatic carbocycles. The van der Waals surface area contributed by atoms with E-state index in [1.165, 1.54) is 6.26 Å². The molecule has 62 valence electrons. The van der Waals surface area contributed by atoms with Crippen LogP contribution in [0.5, 0.6) is 0 Å². The second kappa shape index (κ2) is 2.95. The fraction of sp³-hybridized carbons (Fsp3) is 0. The number of fused-ring (bicyclic) bond motifs is 1. The van der Waals surface area contributed by atoms with Crippen LogP contribution >= 0.6 is 39.1 Å². The van der Waals surface area contributed by atoms with Crippen LogP contribution in [0.4, 0.5) is 0 Å². The summed E-state index contributed by atoms with van der Waals surface area (Å²) < 4.78 is 5.97. The Hall–Kier alpha value is -0.180. The van der Waals surface area contributed by atoms with E-state index in [1.54, 1.807) is 12.1 Å². The highest BCUT2D eigenvalue weighted by Crippen LogP contribution is 2.32. The highest BCUT2D eigenvalue weighted by atomic mass is 79.9. The summed E-state index contributed by atoms with van der Waals surface area (Å²) in [5.41, 5.74) is 0.733. The lowest BCUT2D eigenvalue weighted by atomic mass is 10.3. The van der Waals surface area contributed by atoms with Crippen molar-refractivity contribution >= 4 is 50.1 Å². The molecule has 0 spiro atoms. The smallest absolute Gasteiger partial charge is 0.136 e. The summed E-state index contributed by atoms with van der Waals surface area (Å²) in [6.45, 7) is 0. The van der Waals surface area contributed by atoms with E-state index in [1.807, 2.05) is 0 Å². The Morgan fingerprint density at radius 3 is 2.67 bits per heavy atom. The van der Waals surface area contributed by atoms with Gasteiger partial charge in [-0.05, 0) is 28.1 Å². The van der Waals surface area contributed by atoms with E-state index >= 15 is 0 Å². The maximum absolute atomic E-state index is 5.87. The highest BCUT2D eigenvalue weighted by Gasteiger charge is 2.06. The predicted octanol–water partition coefficient (Wildman–Crippen LogP) is 4.50. The summed E-state index contributed by atoms with van der Waals surface area (Å²) in [5, 5.41) is 2.05. The molecule has 0 unspecified atom stereocenters. The number of halogens is 3. The second-order valence-electron chi connectivity index (χ2n) is 2.35. The molecule has 0 saturated heterocycles. The number of furan rings is 1. The highest BCUT2D eigenvalue weighted by molar-refractivity contribution is 9.10. The molecule has 0 bridgehead atoms. The van der Waals surface area contributed by atoms with Gasteiger partial charge in [0, 0.05) is 9.86 Å². The minimum atomic E-state index is 0.583. The Morgan fingerprint density at radius 1 is 1.17 bits per heavy atom. The third-order valence-electron chi connectivity index (χ3n) is 1.57. The standard InChI is InChI=1S/C8H3BrCl2O/c9-5-2-8-4(1-6(5)10)7(11)3-12-8/h1-3H. The summed E-state index contributed by atoms with van der Waals surface area (Å²) in [4.78, 5) is 0. The van der Waals surface area contributed by atoms with Gasteiger partial charge in [0.2, 0.25) is 0 Å². The minimum absolute atomic E-state index is 0.583. The molecule has 12 heavy (non-hydrogen) atoms. The van der Waals surface area contributed by atoms with Gasteiger partial charge in [0.25, 0.3) is 0 Å². The van der Waals surface area contributed by atoms with Crippen LogP contribution in [-0.2, 0) is 0 Å². The van der Waals surface area contributed by atoms with E-state index in [0.29, 0.717) is 10.0 Å². The van der Waals surface area contributed by atoms with E-state index in [9.17, 15) is 0 Å². The maximum Gasteiger partial charge on any atom is 0.136 e. The molecule has 4 heteroatoms. The molecule has 2 rings (SSSR count). The number of hydrogen-bond donors (Lipinski definition) is 0. The van der Waals surface area contributed by atoms with Crippen molar-refractivity contribution in [3.63, 3.8) is 0 Å². The van der Waals surface area contributed by atoms with Crippen LogP contribution in [-0.4, -0.2) is 0 Å². The first-order valence-electron chi connectivity index (χ1n) is 3.20. The zero-order valence-corrected chi connectivity index (χ0v) is 8.87. The van der Waals surface area contributed by atoms with Gasteiger partial charge in [-0.3, -0.25) is 0 Å². The zero-order chi connectivity index (χ0) is 8.72. The SMILES string of the molecule is Clc1cc2c(Cl)coc2cc1Br. The monoisotopic (exact) mass is 264 g/mol. The van der Waals surface area contributed by atoms with Gasteiger partial charge in [0.1, 0.15) is 11.8 Å². The molecule has 0 N–H and O–H groups in total. The van der Waals surface area contributed by atoms with Gasteiger partial charge in [0.05, 0.1) is 10.0 Å². The largest absolute Gasteiger partial charge is 0.463 e. The first-order valence-corrected chi connectivity index (χ1v) is 4.75. The van der Waals surface area contributed by atoms with Crippen LogP contribution in [0.2, 0.25) is 10.0 Å². The average molecular weight is 266 g/mol. The van der Waals surface area contributed by atoms with Gasteiger partial charge < -0.3 is 4.42 Å². The van der Waals surface area contributed by atoms with E-state index in [0.717, 1.165) is 15.4 Å². The molecule has 0 radical (unpaired) electrons. The van der Waals surface area contributed by atoms with Crippen molar-refractivity contribution in [1.29, 1.82) is 0 Å². The molecule has 0 atom stereocenters. The molecule has 1 nitrogen and oxygen atoms in total. The topological polar surface area (TPSA) is 13.1 Å². The van der Waals surface area contributed by atoms with Crippen molar-refractivity contribution in [2.75, 3.05) is 0 Å². The normalized spacial score (nSPS) is 10.9. The van der Waals surface area contributed by atoms with E-state index < -0.39 is 0 Å². The van der Waals surface area contributed by atoms with Gasteiger partial charge in [-0.15, -0.1) is 0 Å². The van der Waals surface area contributed by atoms with Gasteiger partial charge in [-0.25, -0.2) is 0 Å². The fourth-order valence-corrected chi connectivity index (χ4v) is 1.67. The number of benzene rings is 1. The van der Waals surface area contributed by atoms with Crippen molar-refractivity contribution in [3.05, 3.63) is 32.9 Å². The summed E-state index contributed by atoms with van der Waals surface area (Å²) in [5.74, 6) is 0. The van der Waals surface area contributed by atoms with Crippen LogP contribution in [0.3, 0.4) is 0 Å². The Labute approximate surface area is 87.4 Å². The van der Waals surface area contributed by atoms with Gasteiger partial charge in [-0.1, -0.05) is 23.2 Å². The Bertz CT molecular complexity index is 436. The lowest BCUT2D eigenvalue weighted by Crippen LogP contribution is -1.69. The molecule has 0 fully saturated rings. The minimum Gasteiger partial charge on any atom is -0.463 e. The van der Waals surface area contributed by atoms with Gasteiger partial charge in [0.15, 0.2) is 0 Å². The molecule has 0 saturated carbocycles. The summed E-state index contributed by atoms with van der Waals surface area (Å²) >= 11 is 15.0. The Morgan fingerprint density at radius 2 is 1.92 bits per heavy atom. The molecular formula is C8H3BrCl2O. The van der Waals surface area contributed by atoms with Crippen LogP contribution in [0.15, 0.2) is 27.3 Å². The first kappa shape index (κ1) is 8.42. The molecule has 0 aliphatic heterocycles. The number of rotatable bonds is 0. The van der Waals surface area contributed by atoms with Gasteiger partial charge in [-0.2, -0.15) is 0 Å². The summed E-state index contributed by atoms with van der Waals surface area (Å²) in [7, 11) is 0. The zero-order valence-electron chi connectivity index (χ0n) is 5.77. The molecule has 0 aliphatic carbocycles. The predicted molar refractivity (Wildman–Crippen MR) is 53.9 cm³/mol. The lowest BCUT2D eigenvalue weighted by molar-refractivity contribution is 0.616. The lowest BCUT2D eigenvalue weighted by Gasteiger charge is -1.94. The third-order valence-corrected chi connectivity index (χ3v) is 3.06. The van der Waals surface area contributed by atoms with Crippen LogP contribution in [0, 0.1) is 0 Å². The maximum atomic E-state index is 5.87.